The van der Waals surface area contributed by atoms with Crippen molar-refractivity contribution in [2.75, 3.05) is 26.4 Å². The summed E-state index contributed by atoms with van der Waals surface area (Å²) in [5, 5.41) is 7.90. The van der Waals surface area contributed by atoms with Crippen LogP contribution in [0.25, 0.3) is 0 Å². The van der Waals surface area contributed by atoms with E-state index < -0.39 is 24.0 Å². The van der Waals surface area contributed by atoms with Gasteiger partial charge < -0.3 is 15.6 Å². The molecule has 0 aromatic heterocycles. The monoisotopic (exact) mass is 364 g/mol. The van der Waals surface area contributed by atoms with Crippen LogP contribution >= 0.6 is 0 Å². The third kappa shape index (κ3) is 5.81. The second-order valence-electron chi connectivity index (χ2n) is 4.49. The molecule has 1 heterocycles. The molecule has 8 nitrogen and oxygen atoms in total. The minimum absolute atomic E-state index is 0.130. The van der Waals surface area contributed by atoms with Crippen LogP contribution in [0.1, 0.15) is 20.7 Å². The van der Waals surface area contributed by atoms with Crippen molar-refractivity contribution in [3.63, 3.8) is 0 Å². The number of aliphatic carboxylic acids is 1. The van der Waals surface area contributed by atoms with Crippen molar-refractivity contribution >= 4 is 17.8 Å². The highest BCUT2D eigenvalue weighted by Gasteiger charge is 2.38. The van der Waals surface area contributed by atoms with Crippen LogP contribution in [0.2, 0.25) is 0 Å². The van der Waals surface area contributed by atoms with E-state index in [-0.39, 0.29) is 13.2 Å². The zero-order chi connectivity index (χ0) is 19.0. The molecule has 0 spiro atoms. The number of nitrogens with zero attached hydrogens (tertiary/aromatic N) is 1. The van der Waals surface area contributed by atoms with Gasteiger partial charge >= 0.3 is 12.1 Å². The number of carboxylic acid groups (broad SMARTS) is 1. The molecule has 0 unspecified atom stereocenters. The SMILES string of the molecule is NCCOCCON1C(=O)c2ccccc2C1=O.O=C(O)C(F)(F)F. The maximum Gasteiger partial charge on any atom is 0.490 e. The molecule has 0 atom stereocenters. The van der Waals surface area contributed by atoms with E-state index in [9.17, 15) is 22.8 Å². The number of halogens is 3. The number of ether oxygens (including phenoxy) is 1. The standard InChI is InChI=1S/C12H14N2O4.C2HF3O2/c13-5-6-17-7-8-18-14-11(15)9-3-1-2-4-10(9)12(14)16;3-2(4,5)1(6)7/h1-4H,5-8,13H2;(H,6,7). The number of hydroxylamine groups is 2. The number of carboxylic acids is 1. The fraction of sp³-hybridized carbons (Fsp3) is 0.357. The van der Waals surface area contributed by atoms with Crippen LogP contribution in [0.3, 0.4) is 0 Å². The zero-order valence-corrected chi connectivity index (χ0v) is 12.8. The molecule has 0 radical (unpaired) electrons. The maximum absolute atomic E-state index is 11.8. The van der Waals surface area contributed by atoms with Crippen LogP contribution in [0.15, 0.2) is 24.3 Å². The topological polar surface area (TPSA) is 119 Å². The van der Waals surface area contributed by atoms with Gasteiger partial charge in [-0.05, 0) is 12.1 Å². The zero-order valence-electron chi connectivity index (χ0n) is 12.8. The number of imide groups is 1. The Morgan fingerprint density at radius 3 is 1.96 bits per heavy atom. The Balaban J connectivity index is 0.000000381. The van der Waals surface area contributed by atoms with E-state index >= 15 is 0 Å². The van der Waals surface area contributed by atoms with Gasteiger partial charge in [0.05, 0.1) is 30.9 Å². The van der Waals surface area contributed by atoms with Crippen molar-refractivity contribution in [3.05, 3.63) is 35.4 Å². The number of carbonyl (C=O) groups is 3. The van der Waals surface area contributed by atoms with Crippen LogP contribution in [0.4, 0.5) is 13.2 Å². The quantitative estimate of drug-likeness (QED) is 0.567. The number of fused-ring (bicyclic) bond motifs is 1. The molecule has 0 bridgehead atoms. The molecule has 1 aromatic carbocycles. The largest absolute Gasteiger partial charge is 0.490 e. The first-order valence-electron chi connectivity index (χ1n) is 6.88. The van der Waals surface area contributed by atoms with Crippen molar-refractivity contribution in [1.29, 1.82) is 0 Å². The molecule has 138 valence electrons. The van der Waals surface area contributed by atoms with Crippen molar-refractivity contribution in [2.45, 2.75) is 6.18 Å². The Labute approximate surface area is 139 Å². The van der Waals surface area contributed by atoms with Crippen LogP contribution in [0, 0.1) is 0 Å². The Kier molecular flexibility index (Phi) is 7.48. The number of hydrogen-bond acceptors (Lipinski definition) is 6. The summed E-state index contributed by atoms with van der Waals surface area (Å²) in [6.07, 6.45) is -5.08. The summed E-state index contributed by atoms with van der Waals surface area (Å²) in [5.41, 5.74) is 5.98. The third-order valence-electron chi connectivity index (χ3n) is 2.71. The lowest BCUT2D eigenvalue weighted by Gasteiger charge is -2.13. The Morgan fingerprint density at radius 1 is 1.08 bits per heavy atom. The summed E-state index contributed by atoms with van der Waals surface area (Å²) < 4.78 is 36.8. The lowest BCUT2D eigenvalue weighted by Crippen LogP contribution is -2.31. The van der Waals surface area contributed by atoms with Gasteiger partial charge in [0.15, 0.2) is 0 Å². The molecule has 2 rings (SSSR count). The normalized spacial score (nSPS) is 13.4. The molecule has 3 N–H and O–H groups in total. The first-order valence-corrected chi connectivity index (χ1v) is 6.88. The smallest absolute Gasteiger partial charge is 0.475 e. The van der Waals surface area contributed by atoms with E-state index in [0.29, 0.717) is 24.3 Å². The Bertz CT molecular complexity index is 600. The van der Waals surface area contributed by atoms with Gasteiger partial charge in [0.2, 0.25) is 0 Å². The molecule has 0 aliphatic carbocycles. The summed E-state index contributed by atoms with van der Waals surface area (Å²) in [4.78, 5) is 37.7. The average molecular weight is 364 g/mol. The van der Waals surface area contributed by atoms with E-state index in [1.807, 2.05) is 0 Å². The van der Waals surface area contributed by atoms with Crippen LogP contribution in [-0.2, 0) is 14.4 Å². The van der Waals surface area contributed by atoms with Gasteiger partial charge in [-0.25, -0.2) is 4.79 Å². The third-order valence-corrected chi connectivity index (χ3v) is 2.71. The first-order chi connectivity index (χ1) is 11.7. The van der Waals surface area contributed by atoms with Gasteiger partial charge in [-0.3, -0.25) is 14.4 Å². The Hall–Kier alpha value is -2.50. The number of nitrogens with two attached hydrogens (primary N) is 1. The Morgan fingerprint density at radius 2 is 1.56 bits per heavy atom. The van der Waals surface area contributed by atoms with Crippen LogP contribution in [0.5, 0.6) is 0 Å². The number of benzene rings is 1. The van der Waals surface area contributed by atoms with Crippen molar-refractivity contribution < 1.29 is 42.2 Å². The number of alkyl halides is 3. The summed E-state index contributed by atoms with van der Waals surface area (Å²) in [5.74, 6) is -3.63. The fourth-order valence-electron chi connectivity index (χ4n) is 1.66. The van der Waals surface area contributed by atoms with Gasteiger partial charge in [0, 0.05) is 6.54 Å². The molecular weight excluding hydrogens is 349 g/mol. The van der Waals surface area contributed by atoms with Crippen molar-refractivity contribution in [1.82, 2.24) is 5.06 Å². The highest BCUT2D eigenvalue weighted by Crippen LogP contribution is 2.22. The van der Waals surface area contributed by atoms with E-state index in [0.717, 1.165) is 5.06 Å². The molecule has 1 aliphatic rings. The lowest BCUT2D eigenvalue weighted by molar-refractivity contribution is -0.192. The molecular formula is C14H15F3N2O6. The van der Waals surface area contributed by atoms with Gasteiger partial charge in [-0.15, -0.1) is 5.06 Å². The van der Waals surface area contributed by atoms with E-state index in [2.05, 4.69) is 0 Å². The summed E-state index contributed by atoms with van der Waals surface area (Å²) in [7, 11) is 0. The van der Waals surface area contributed by atoms with Crippen molar-refractivity contribution in [3.8, 4) is 0 Å². The molecule has 2 amide bonds. The minimum atomic E-state index is -5.08. The lowest BCUT2D eigenvalue weighted by atomic mass is 10.1. The van der Waals surface area contributed by atoms with E-state index in [4.69, 9.17) is 25.2 Å². The molecule has 1 aliphatic heterocycles. The van der Waals surface area contributed by atoms with Gasteiger partial charge in [-0.2, -0.15) is 13.2 Å². The fourth-order valence-corrected chi connectivity index (χ4v) is 1.66. The van der Waals surface area contributed by atoms with E-state index in [1.165, 1.54) is 0 Å². The molecule has 0 saturated carbocycles. The number of amides is 2. The molecule has 11 heteroatoms. The van der Waals surface area contributed by atoms with Gasteiger partial charge in [-0.1, -0.05) is 12.1 Å². The van der Waals surface area contributed by atoms with Crippen molar-refractivity contribution in [2.24, 2.45) is 5.73 Å². The molecule has 0 saturated heterocycles. The van der Waals surface area contributed by atoms with Crippen LogP contribution < -0.4 is 5.73 Å². The van der Waals surface area contributed by atoms with E-state index in [1.54, 1.807) is 24.3 Å². The van der Waals surface area contributed by atoms with Gasteiger partial charge in [0.25, 0.3) is 11.8 Å². The predicted octanol–water partition coefficient (Wildman–Crippen LogP) is 0.823. The molecule has 1 aromatic rings. The molecule has 0 fully saturated rings. The molecule has 25 heavy (non-hydrogen) atoms. The average Bonchev–Trinajstić information content (AvgIpc) is 2.79. The summed E-state index contributed by atoms with van der Waals surface area (Å²) >= 11 is 0. The second-order valence-corrected chi connectivity index (χ2v) is 4.49. The summed E-state index contributed by atoms with van der Waals surface area (Å²) in [6.45, 7) is 1.26. The van der Waals surface area contributed by atoms with Gasteiger partial charge in [0.1, 0.15) is 0 Å². The highest BCUT2D eigenvalue weighted by atomic mass is 19.4. The maximum atomic E-state index is 11.8. The number of rotatable bonds is 6. The second kappa shape index (κ2) is 9.11. The minimum Gasteiger partial charge on any atom is -0.475 e. The number of hydrogen-bond donors (Lipinski definition) is 2. The summed E-state index contributed by atoms with van der Waals surface area (Å²) in [6, 6.07) is 6.61. The predicted molar refractivity (Wildman–Crippen MR) is 76.5 cm³/mol. The first kappa shape index (κ1) is 20.5. The highest BCUT2D eigenvalue weighted by molar-refractivity contribution is 6.20. The van der Waals surface area contributed by atoms with Crippen LogP contribution in [-0.4, -0.2) is 60.5 Å². The number of carbonyl (C=O) groups excluding carboxylic acids is 2.